The SMILES string of the molecule is CCNC(C(CC)CC)C1CCc2ccccc21. The molecule has 0 aliphatic heterocycles. The molecule has 0 aromatic heterocycles. The number of likely N-dealkylation sites (N-methyl/N-ethyl adjacent to an activating group) is 1. The molecule has 1 aliphatic rings. The van der Waals surface area contributed by atoms with Crippen molar-refractivity contribution in [3.8, 4) is 0 Å². The third kappa shape index (κ3) is 2.61. The Balaban J connectivity index is 2.22. The fourth-order valence-electron chi connectivity index (χ4n) is 3.63. The lowest BCUT2D eigenvalue weighted by molar-refractivity contribution is 0.293. The van der Waals surface area contributed by atoms with Gasteiger partial charge in [-0.2, -0.15) is 0 Å². The molecular formula is C17H27N. The molecule has 2 rings (SSSR count). The lowest BCUT2D eigenvalue weighted by Crippen LogP contribution is -2.40. The minimum atomic E-state index is 0.661. The topological polar surface area (TPSA) is 12.0 Å². The van der Waals surface area contributed by atoms with Crippen molar-refractivity contribution in [2.45, 2.75) is 58.4 Å². The van der Waals surface area contributed by atoms with Crippen molar-refractivity contribution in [3.05, 3.63) is 35.4 Å². The third-order valence-electron chi connectivity index (χ3n) is 4.61. The summed E-state index contributed by atoms with van der Waals surface area (Å²) in [5.74, 6) is 1.53. The molecule has 0 spiro atoms. The van der Waals surface area contributed by atoms with Crippen molar-refractivity contribution < 1.29 is 0 Å². The highest BCUT2D eigenvalue weighted by Crippen LogP contribution is 2.38. The molecule has 0 fully saturated rings. The second-order valence-corrected chi connectivity index (χ2v) is 5.50. The largest absolute Gasteiger partial charge is 0.313 e. The van der Waals surface area contributed by atoms with Crippen molar-refractivity contribution >= 4 is 0 Å². The lowest BCUT2D eigenvalue weighted by atomic mass is 9.82. The van der Waals surface area contributed by atoms with Gasteiger partial charge in [-0.1, -0.05) is 57.9 Å². The molecule has 0 saturated carbocycles. The van der Waals surface area contributed by atoms with E-state index >= 15 is 0 Å². The highest BCUT2D eigenvalue weighted by molar-refractivity contribution is 5.36. The lowest BCUT2D eigenvalue weighted by Gasteiger charge is -2.32. The molecule has 1 heteroatoms. The Morgan fingerprint density at radius 3 is 2.56 bits per heavy atom. The van der Waals surface area contributed by atoms with Crippen molar-refractivity contribution in [2.75, 3.05) is 6.54 Å². The summed E-state index contributed by atoms with van der Waals surface area (Å²) in [7, 11) is 0. The van der Waals surface area contributed by atoms with Gasteiger partial charge >= 0.3 is 0 Å². The van der Waals surface area contributed by atoms with Crippen molar-refractivity contribution in [1.29, 1.82) is 0 Å². The fraction of sp³-hybridized carbons (Fsp3) is 0.647. The molecule has 0 bridgehead atoms. The van der Waals surface area contributed by atoms with E-state index in [-0.39, 0.29) is 0 Å². The number of aryl methyl sites for hydroxylation is 1. The van der Waals surface area contributed by atoms with Crippen molar-refractivity contribution in [2.24, 2.45) is 5.92 Å². The molecule has 0 amide bonds. The van der Waals surface area contributed by atoms with Crippen LogP contribution >= 0.6 is 0 Å². The van der Waals surface area contributed by atoms with Crippen LogP contribution < -0.4 is 5.32 Å². The number of nitrogens with one attached hydrogen (secondary N) is 1. The van der Waals surface area contributed by atoms with Crippen molar-refractivity contribution in [3.63, 3.8) is 0 Å². The van der Waals surface area contributed by atoms with Crippen LogP contribution in [0.25, 0.3) is 0 Å². The summed E-state index contributed by atoms with van der Waals surface area (Å²) < 4.78 is 0. The molecule has 1 N–H and O–H groups in total. The Morgan fingerprint density at radius 2 is 1.89 bits per heavy atom. The second-order valence-electron chi connectivity index (χ2n) is 5.50. The average Bonchev–Trinajstić information content (AvgIpc) is 2.83. The number of hydrogen-bond donors (Lipinski definition) is 1. The molecule has 1 aromatic rings. The first-order valence-corrected chi connectivity index (χ1v) is 7.62. The van der Waals surface area contributed by atoms with Crippen LogP contribution in [-0.4, -0.2) is 12.6 Å². The van der Waals surface area contributed by atoms with Gasteiger partial charge in [-0.05, 0) is 36.4 Å². The zero-order valence-corrected chi connectivity index (χ0v) is 12.1. The summed E-state index contributed by atoms with van der Waals surface area (Å²) >= 11 is 0. The molecule has 1 aliphatic carbocycles. The monoisotopic (exact) mass is 245 g/mol. The molecule has 1 aromatic carbocycles. The third-order valence-corrected chi connectivity index (χ3v) is 4.61. The van der Waals surface area contributed by atoms with Crippen LogP contribution in [0, 0.1) is 5.92 Å². The van der Waals surface area contributed by atoms with Gasteiger partial charge in [0.05, 0.1) is 0 Å². The van der Waals surface area contributed by atoms with E-state index in [0.29, 0.717) is 6.04 Å². The Labute approximate surface area is 112 Å². The number of hydrogen-bond acceptors (Lipinski definition) is 1. The summed E-state index contributed by atoms with van der Waals surface area (Å²) in [6.45, 7) is 7.98. The van der Waals surface area contributed by atoms with Gasteiger partial charge in [-0.25, -0.2) is 0 Å². The van der Waals surface area contributed by atoms with E-state index in [4.69, 9.17) is 0 Å². The van der Waals surface area contributed by atoms with Crippen LogP contribution in [0.3, 0.4) is 0 Å². The van der Waals surface area contributed by atoms with Gasteiger partial charge < -0.3 is 5.32 Å². The minimum Gasteiger partial charge on any atom is -0.313 e. The van der Waals surface area contributed by atoms with Crippen LogP contribution in [0.2, 0.25) is 0 Å². The standard InChI is InChI=1S/C17H27N/c1-4-13(5-2)17(18-6-3)16-12-11-14-9-7-8-10-15(14)16/h7-10,13,16-18H,4-6,11-12H2,1-3H3. The zero-order valence-electron chi connectivity index (χ0n) is 12.1. The maximum atomic E-state index is 3.77. The maximum Gasteiger partial charge on any atom is 0.0164 e. The van der Waals surface area contributed by atoms with Crippen LogP contribution in [0.4, 0.5) is 0 Å². The average molecular weight is 245 g/mol. The molecule has 0 heterocycles. The smallest absolute Gasteiger partial charge is 0.0164 e. The van der Waals surface area contributed by atoms with Gasteiger partial charge in [0, 0.05) is 12.0 Å². The second kappa shape index (κ2) is 6.38. The van der Waals surface area contributed by atoms with Crippen LogP contribution in [0.1, 0.15) is 57.1 Å². The van der Waals surface area contributed by atoms with E-state index in [1.54, 1.807) is 11.1 Å². The summed E-state index contributed by atoms with van der Waals surface area (Å²) in [6, 6.07) is 9.70. The molecule has 0 radical (unpaired) electrons. The van der Waals surface area contributed by atoms with E-state index in [1.807, 2.05) is 0 Å². The number of fused-ring (bicyclic) bond motifs is 1. The Bertz CT molecular complexity index is 368. The molecule has 18 heavy (non-hydrogen) atoms. The number of rotatable bonds is 6. The van der Waals surface area contributed by atoms with Gasteiger partial charge in [0.15, 0.2) is 0 Å². The van der Waals surface area contributed by atoms with Gasteiger partial charge in [-0.3, -0.25) is 0 Å². The van der Waals surface area contributed by atoms with Crippen LogP contribution in [0.5, 0.6) is 0 Å². The van der Waals surface area contributed by atoms with Gasteiger partial charge in [-0.15, -0.1) is 0 Å². The Kier molecular flexibility index (Phi) is 4.82. The van der Waals surface area contributed by atoms with Crippen LogP contribution in [-0.2, 0) is 6.42 Å². The summed E-state index contributed by atoms with van der Waals surface area (Å²) in [5, 5.41) is 3.77. The van der Waals surface area contributed by atoms with E-state index in [2.05, 4.69) is 50.4 Å². The Hall–Kier alpha value is -0.820. The first-order valence-electron chi connectivity index (χ1n) is 7.62. The van der Waals surface area contributed by atoms with Gasteiger partial charge in [0.2, 0.25) is 0 Å². The molecular weight excluding hydrogens is 218 g/mol. The highest BCUT2D eigenvalue weighted by Gasteiger charge is 2.32. The zero-order chi connectivity index (χ0) is 13.0. The van der Waals surface area contributed by atoms with Gasteiger partial charge in [0.25, 0.3) is 0 Å². The minimum absolute atomic E-state index is 0.661. The molecule has 0 saturated heterocycles. The van der Waals surface area contributed by atoms with E-state index in [9.17, 15) is 0 Å². The summed E-state index contributed by atoms with van der Waals surface area (Å²) in [5.41, 5.74) is 3.19. The van der Waals surface area contributed by atoms with E-state index in [0.717, 1.165) is 18.4 Å². The van der Waals surface area contributed by atoms with E-state index < -0.39 is 0 Å². The molecule has 2 unspecified atom stereocenters. The quantitative estimate of drug-likeness (QED) is 0.794. The summed E-state index contributed by atoms with van der Waals surface area (Å²) in [6.07, 6.45) is 5.16. The normalized spacial score (nSPS) is 20.1. The predicted molar refractivity (Wildman–Crippen MR) is 79.0 cm³/mol. The Morgan fingerprint density at radius 1 is 1.17 bits per heavy atom. The van der Waals surface area contributed by atoms with E-state index in [1.165, 1.54) is 25.7 Å². The molecule has 100 valence electrons. The first-order chi connectivity index (χ1) is 8.81. The summed E-state index contributed by atoms with van der Waals surface area (Å²) in [4.78, 5) is 0. The molecule has 1 nitrogen and oxygen atoms in total. The van der Waals surface area contributed by atoms with Crippen molar-refractivity contribution in [1.82, 2.24) is 5.32 Å². The first kappa shape index (κ1) is 13.6. The fourth-order valence-corrected chi connectivity index (χ4v) is 3.63. The maximum absolute atomic E-state index is 3.77. The predicted octanol–water partition coefficient (Wildman–Crippen LogP) is 4.13. The number of benzene rings is 1. The van der Waals surface area contributed by atoms with Gasteiger partial charge in [0.1, 0.15) is 0 Å². The highest BCUT2D eigenvalue weighted by atomic mass is 14.9. The van der Waals surface area contributed by atoms with Crippen LogP contribution in [0.15, 0.2) is 24.3 Å². The molecule has 2 atom stereocenters.